The number of hydrogen-bond acceptors (Lipinski definition) is 9. The molecule has 0 aliphatic heterocycles. The van der Waals surface area contributed by atoms with Gasteiger partial charge in [-0.3, -0.25) is 13.7 Å². The van der Waals surface area contributed by atoms with Crippen LogP contribution in [0.2, 0.25) is 0 Å². The van der Waals surface area contributed by atoms with Gasteiger partial charge >= 0.3 is 0 Å². The third-order valence-corrected chi connectivity index (χ3v) is 4.69. The molecule has 0 unspecified atom stereocenters. The molecule has 0 saturated carbocycles. The van der Waals surface area contributed by atoms with Gasteiger partial charge in [-0.15, -0.1) is 0 Å². The lowest BCUT2D eigenvalue weighted by atomic mass is 10.0. The monoisotopic (exact) mass is 408 g/mol. The van der Waals surface area contributed by atoms with E-state index in [4.69, 9.17) is 13.7 Å². The minimum absolute atomic E-state index is 0.930. The van der Waals surface area contributed by atoms with E-state index in [1.807, 2.05) is 0 Å². The van der Waals surface area contributed by atoms with E-state index >= 15 is 0 Å². The first-order chi connectivity index (χ1) is 10.5. The van der Waals surface area contributed by atoms with Crippen LogP contribution in [0, 0.1) is 0 Å². The Morgan fingerprint density at radius 3 is 1.00 bits per heavy atom. The Morgan fingerprint density at radius 2 is 0.750 bits per heavy atom. The summed E-state index contributed by atoms with van der Waals surface area (Å²) in [6.45, 7) is 0. The van der Waals surface area contributed by atoms with Crippen molar-refractivity contribution in [2.75, 3.05) is 0 Å². The normalized spacial score (nSPS) is 13.1. The highest BCUT2D eigenvalue weighted by Crippen LogP contribution is 2.45. The minimum Gasteiger partial charge on any atom is -0.504 e. The molecule has 6 N–H and O–H groups in total. The third-order valence-electron chi connectivity index (χ3n) is 2.73. The zero-order valence-electron chi connectivity index (χ0n) is 11.5. The quantitative estimate of drug-likeness (QED) is 0.245. The molecule has 15 heteroatoms. The lowest BCUT2D eigenvalue weighted by Crippen LogP contribution is -2.14. The van der Waals surface area contributed by atoms with E-state index < -0.39 is 81.6 Å². The van der Waals surface area contributed by atoms with Gasteiger partial charge in [0.2, 0.25) is 5.75 Å². The summed E-state index contributed by atoms with van der Waals surface area (Å²) in [6.07, 6.45) is 0. The van der Waals surface area contributed by atoms with E-state index in [0.29, 0.717) is 0 Å². The molecule has 0 radical (unpaired) electrons. The topological polar surface area (TPSA) is 224 Å². The Bertz CT molecular complexity index is 910. The molecular weight excluding hydrogens is 396 g/mol. The van der Waals surface area contributed by atoms with E-state index in [-0.39, 0.29) is 0 Å². The summed E-state index contributed by atoms with van der Waals surface area (Å²) in [7, 11) is -14.8. The van der Waals surface area contributed by atoms with Crippen LogP contribution in [-0.4, -0.2) is 54.2 Å². The highest BCUT2D eigenvalue weighted by atomic mass is 32.2. The van der Waals surface area contributed by atoms with E-state index in [2.05, 4.69) is 0 Å². The molecule has 0 amide bonds. The maximum absolute atomic E-state index is 11.0. The second kappa shape index (κ2) is 6.34. The van der Waals surface area contributed by atoms with Crippen molar-refractivity contribution in [2.24, 2.45) is 0 Å². The molecule has 12 nitrogen and oxygen atoms in total. The summed E-state index contributed by atoms with van der Waals surface area (Å²) >= 11 is 0. The zero-order chi connectivity index (χ0) is 19.1. The fourth-order valence-electron chi connectivity index (χ4n) is 1.90. The molecule has 0 aliphatic rings. The summed E-state index contributed by atoms with van der Waals surface area (Å²) in [5.41, 5.74) is -2.89. The van der Waals surface area contributed by atoms with Crippen LogP contribution in [0.25, 0.3) is 0 Å². The molecular formula is C9H12O12S3. The van der Waals surface area contributed by atoms with Gasteiger partial charge in [-0.05, 0) is 5.56 Å². The number of phenols is 3. The average molecular weight is 408 g/mol. The van der Waals surface area contributed by atoms with Crippen molar-refractivity contribution in [1.29, 1.82) is 0 Å². The van der Waals surface area contributed by atoms with Gasteiger partial charge in [0.15, 0.2) is 11.5 Å². The van der Waals surface area contributed by atoms with Crippen molar-refractivity contribution in [3.05, 3.63) is 16.7 Å². The maximum Gasteiger partial charge on any atom is 0.269 e. The van der Waals surface area contributed by atoms with Crippen molar-refractivity contribution >= 4 is 30.4 Å². The molecule has 0 aromatic heterocycles. The summed E-state index contributed by atoms with van der Waals surface area (Å²) in [5, 5.41) is 28.9. The van der Waals surface area contributed by atoms with Gasteiger partial charge in [-0.2, -0.15) is 25.3 Å². The molecule has 0 heterocycles. The van der Waals surface area contributed by atoms with Gasteiger partial charge in [-0.1, -0.05) is 0 Å². The number of aromatic hydroxyl groups is 3. The number of benzene rings is 1. The van der Waals surface area contributed by atoms with Gasteiger partial charge in [0.1, 0.15) is 17.3 Å². The molecule has 0 fully saturated rings. The largest absolute Gasteiger partial charge is 0.504 e. The van der Waals surface area contributed by atoms with Gasteiger partial charge in [0, 0.05) is 11.1 Å². The Hall–Kier alpha value is -1.65. The van der Waals surface area contributed by atoms with Crippen LogP contribution >= 0.6 is 0 Å². The van der Waals surface area contributed by atoms with Gasteiger partial charge in [0.05, 0.1) is 0 Å². The van der Waals surface area contributed by atoms with Crippen molar-refractivity contribution < 1.29 is 54.2 Å². The van der Waals surface area contributed by atoms with Crippen LogP contribution in [0.1, 0.15) is 16.7 Å². The molecule has 1 aromatic carbocycles. The second-order valence-corrected chi connectivity index (χ2v) is 9.02. The first kappa shape index (κ1) is 20.4. The molecule has 0 aliphatic carbocycles. The lowest BCUT2D eigenvalue weighted by molar-refractivity contribution is 0.361. The predicted octanol–water partition coefficient (Wildman–Crippen LogP) is -1.03. The van der Waals surface area contributed by atoms with Gasteiger partial charge in [-0.25, -0.2) is 0 Å². The van der Waals surface area contributed by atoms with Crippen molar-refractivity contribution in [1.82, 2.24) is 0 Å². The van der Waals surface area contributed by atoms with Crippen LogP contribution in [-0.2, 0) is 47.6 Å². The van der Waals surface area contributed by atoms with Crippen LogP contribution in [0.15, 0.2) is 0 Å². The molecule has 0 saturated heterocycles. The predicted molar refractivity (Wildman–Crippen MR) is 77.2 cm³/mol. The molecule has 0 bridgehead atoms. The molecule has 24 heavy (non-hydrogen) atoms. The third kappa shape index (κ3) is 5.46. The van der Waals surface area contributed by atoms with Crippen molar-refractivity contribution in [2.45, 2.75) is 17.3 Å². The maximum atomic E-state index is 11.0. The standard InChI is InChI=1S/C9H12O12S3/c10-7-5(2-23(16,17)18)4(1-22(13,14)15)6(3-24(19,20)21)8(11)9(7)12/h10-12H,1-3H2,(H,13,14,15)(H,16,17,18)(H,19,20,21). The van der Waals surface area contributed by atoms with Crippen LogP contribution in [0.5, 0.6) is 17.2 Å². The molecule has 0 atom stereocenters. The van der Waals surface area contributed by atoms with Crippen LogP contribution in [0.4, 0.5) is 0 Å². The summed E-state index contributed by atoms with van der Waals surface area (Å²) < 4.78 is 92.6. The number of hydrogen-bond donors (Lipinski definition) is 6. The summed E-state index contributed by atoms with van der Waals surface area (Å²) in [4.78, 5) is 0. The second-order valence-electron chi connectivity index (χ2n) is 4.66. The van der Waals surface area contributed by atoms with E-state index in [1.165, 1.54) is 0 Å². The lowest BCUT2D eigenvalue weighted by Gasteiger charge is -2.17. The van der Waals surface area contributed by atoms with E-state index in [1.54, 1.807) is 0 Å². The fraction of sp³-hybridized carbons (Fsp3) is 0.333. The first-order valence-corrected chi connectivity index (χ1v) is 10.5. The fourth-order valence-corrected chi connectivity index (χ4v) is 3.96. The number of phenolic OH excluding ortho intramolecular Hbond substituents is 3. The van der Waals surface area contributed by atoms with Crippen LogP contribution in [0.3, 0.4) is 0 Å². The van der Waals surface area contributed by atoms with Gasteiger partial charge < -0.3 is 15.3 Å². The molecule has 0 spiro atoms. The van der Waals surface area contributed by atoms with E-state index in [9.17, 15) is 40.6 Å². The highest BCUT2D eigenvalue weighted by Gasteiger charge is 2.30. The van der Waals surface area contributed by atoms with Crippen molar-refractivity contribution in [3.8, 4) is 17.2 Å². The average Bonchev–Trinajstić information content (AvgIpc) is 2.32. The Kier molecular flexibility index (Phi) is 5.39. The molecule has 138 valence electrons. The highest BCUT2D eigenvalue weighted by molar-refractivity contribution is 7.85. The Labute approximate surface area is 136 Å². The van der Waals surface area contributed by atoms with Gasteiger partial charge in [0.25, 0.3) is 30.4 Å². The molecule has 1 aromatic rings. The smallest absolute Gasteiger partial charge is 0.269 e. The zero-order valence-corrected chi connectivity index (χ0v) is 13.9. The first-order valence-electron chi connectivity index (χ1n) is 5.65. The summed E-state index contributed by atoms with van der Waals surface area (Å²) in [5.74, 6) is -8.56. The Morgan fingerprint density at radius 1 is 0.500 bits per heavy atom. The SMILES string of the molecule is O=S(=O)(O)Cc1c(O)c(O)c(O)c(CS(=O)(=O)O)c1CS(=O)(=O)O. The van der Waals surface area contributed by atoms with Crippen LogP contribution < -0.4 is 0 Å². The minimum atomic E-state index is -4.94. The Balaban J connectivity index is 3.91. The van der Waals surface area contributed by atoms with Crippen molar-refractivity contribution in [3.63, 3.8) is 0 Å². The number of rotatable bonds is 6. The summed E-state index contributed by atoms with van der Waals surface area (Å²) in [6, 6.07) is 0. The van der Waals surface area contributed by atoms with E-state index in [0.717, 1.165) is 0 Å². The molecule has 1 rings (SSSR count).